The first kappa shape index (κ1) is 20.5. The van der Waals surface area contributed by atoms with Gasteiger partial charge in [-0.05, 0) is 24.6 Å². The van der Waals surface area contributed by atoms with E-state index in [2.05, 4.69) is 10.6 Å². The van der Waals surface area contributed by atoms with Crippen LogP contribution in [0, 0.1) is 0 Å². The molecule has 0 spiro atoms. The Balaban J connectivity index is 2.50. The lowest BCUT2D eigenvalue weighted by atomic mass is 10.3. The minimum Gasteiger partial charge on any atom is -0.398 e. The van der Waals surface area contributed by atoms with Crippen LogP contribution in [0.2, 0.25) is 0 Å². The lowest BCUT2D eigenvalue weighted by Gasteiger charge is -2.09. The summed E-state index contributed by atoms with van der Waals surface area (Å²) >= 11 is 5.37. The molecule has 2 amide bonds. The van der Waals surface area contributed by atoms with Crippen molar-refractivity contribution in [3.63, 3.8) is 0 Å². The number of nitrogens with two attached hydrogens (primary N) is 1. The molecule has 1 rings (SSSR count). The summed E-state index contributed by atoms with van der Waals surface area (Å²) in [6.45, 7) is 0.131. The molecule has 0 radical (unpaired) electrons. The molecule has 5 N–H and O–H groups in total. The third kappa shape index (κ3) is 6.91. The number of carbonyl (C=O) groups is 1. The van der Waals surface area contributed by atoms with Gasteiger partial charge in [-0.2, -0.15) is 8.42 Å². The standard InChI is InChI=1S/C12H18ClN3O6S2/c13-4-7-23(18,19)6-1-5-15-12(17)16-9-2-3-11(10(14)8-9)24(20,21)22/h2-3,8H,1,4-7,14H2,(H2,15,16,17)(H,20,21,22). The van der Waals surface area contributed by atoms with Crippen LogP contribution in [0.25, 0.3) is 0 Å². The summed E-state index contributed by atoms with van der Waals surface area (Å²) in [5, 5.41) is 4.86. The maximum Gasteiger partial charge on any atom is 0.319 e. The van der Waals surface area contributed by atoms with Gasteiger partial charge in [-0.3, -0.25) is 4.55 Å². The first-order valence-electron chi connectivity index (χ1n) is 6.73. The minimum absolute atomic E-state index is 0.0250. The molecule has 0 aromatic heterocycles. The predicted molar refractivity (Wildman–Crippen MR) is 91.7 cm³/mol. The van der Waals surface area contributed by atoms with Crippen LogP contribution in [0.5, 0.6) is 0 Å². The highest BCUT2D eigenvalue weighted by Crippen LogP contribution is 2.22. The molecule has 0 atom stereocenters. The highest BCUT2D eigenvalue weighted by atomic mass is 35.5. The Morgan fingerprint density at radius 1 is 1.21 bits per heavy atom. The van der Waals surface area contributed by atoms with Crippen LogP contribution in [0.3, 0.4) is 0 Å². The summed E-state index contributed by atoms with van der Waals surface area (Å²) in [5.74, 6) is -0.173. The number of hydrogen-bond donors (Lipinski definition) is 4. The van der Waals surface area contributed by atoms with Gasteiger partial charge < -0.3 is 16.4 Å². The average molecular weight is 400 g/mol. The average Bonchev–Trinajstić information content (AvgIpc) is 2.42. The molecule has 0 saturated carbocycles. The Hall–Kier alpha value is -1.56. The van der Waals surface area contributed by atoms with E-state index in [0.29, 0.717) is 0 Å². The Bertz CT molecular complexity index is 795. The normalized spacial score (nSPS) is 11.9. The van der Waals surface area contributed by atoms with E-state index in [-0.39, 0.29) is 41.7 Å². The molecule has 0 heterocycles. The summed E-state index contributed by atoms with van der Waals surface area (Å²) < 4.78 is 53.8. The van der Waals surface area contributed by atoms with E-state index in [0.717, 1.165) is 6.07 Å². The zero-order valence-electron chi connectivity index (χ0n) is 12.5. The number of hydrogen-bond acceptors (Lipinski definition) is 6. The van der Waals surface area contributed by atoms with Gasteiger partial charge in [0.15, 0.2) is 9.84 Å². The number of benzene rings is 1. The van der Waals surface area contributed by atoms with Gasteiger partial charge in [0.1, 0.15) is 4.90 Å². The highest BCUT2D eigenvalue weighted by molar-refractivity contribution is 7.91. The van der Waals surface area contributed by atoms with E-state index in [1.807, 2.05) is 0 Å². The Labute approximate surface area is 145 Å². The van der Waals surface area contributed by atoms with Crippen molar-refractivity contribution in [3.05, 3.63) is 18.2 Å². The van der Waals surface area contributed by atoms with E-state index >= 15 is 0 Å². The van der Waals surface area contributed by atoms with Crippen LogP contribution in [0.4, 0.5) is 16.2 Å². The van der Waals surface area contributed by atoms with Crippen molar-refractivity contribution in [3.8, 4) is 0 Å². The van der Waals surface area contributed by atoms with Crippen LogP contribution < -0.4 is 16.4 Å². The van der Waals surface area contributed by atoms with E-state index < -0.39 is 30.9 Å². The summed E-state index contributed by atoms with van der Waals surface area (Å²) in [4.78, 5) is 11.2. The predicted octanol–water partition coefficient (Wildman–Crippen LogP) is 0.681. The second-order valence-electron chi connectivity index (χ2n) is 4.80. The molecular formula is C12H18ClN3O6S2. The lowest BCUT2D eigenvalue weighted by Crippen LogP contribution is -2.30. The van der Waals surface area contributed by atoms with Crippen molar-refractivity contribution in [1.29, 1.82) is 0 Å². The van der Waals surface area contributed by atoms with Crippen LogP contribution in [-0.2, 0) is 20.0 Å². The van der Waals surface area contributed by atoms with Crippen LogP contribution in [-0.4, -0.2) is 51.3 Å². The number of nitrogens with one attached hydrogen (secondary N) is 2. The molecule has 9 nitrogen and oxygen atoms in total. The lowest BCUT2D eigenvalue weighted by molar-refractivity contribution is 0.252. The van der Waals surface area contributed by atoms with E-state index in [1.165, 1.54) is 12.1 Å². The zero-order chi connectivity index (χ0) is 18.4. The zero-order valence-corrected chi connectivity index (χ0v) is 14.9. The molecule has 1 aromatic rings. The number of urea groups is 1. The second kappa shape index (κ2) is 8.51. The number of rotatable bonds is 8. The van der Waals surface area contributed by atoms with Gasteiger partial charge in [0.25, 0.3) is 10.1 Å². The van der Waals surface area contributed by atoms with E-state index in [9.17, 15) is 21.6 Å². The topological polar surface area (TPSA) is 156 Å². The molecule has 12 heteroatoms. The molecule has 0 unspecified atom stereocenters. The maximum absolute atomic E-state index is 11.7. The quantitative estimate of drug-likeness (QED) is 0.217. The van der Waals surface area contributed by atoms with Gasteiger partial charge in [0.2, 0.25) is 0 Å². The smallest absolute Gasteiger partial charge is 0.319 e. The third-order valence-electron chi connectivity index (χ3n) is 2.85. The van der Waals surface area contributed by atoms with Crippen LogP contribution in [0.1, 0.15) is 6.42 Å². The molecule has 0 bridgehead atoms. The van der Waals surface area contributed by atoms with Crippen molar-refractivity contribution >= 4 is 49.0 Å². The molecule has 0 saturated heterocycles. The number of sulfone groups is 1. The molecule has 0 aliphatic heterocycles. The Morgan fingerprint density at radius 2 is 1.88 bits per heavy atom. The van der Waals surface area contributed by atoms with Gasteiger partial charge in [-0.25, -0.2) is 13.2 Å². The second-order valence-corrected chi connectivity index (χ2v) is 8.87. The fraction of sp³-hybridized carbons (Fsp3) is 0.417. The molecule has 0 fully saturated rings. The molecule has 0 aliphatic rings. The number of carbonyl (C=O) groups excluding carboxylic acids is 1. The summed E-state index contributed by atoms with van der Waals surface area (Å²) in [6, 6.07) is 2.88. The maximum atomic E-state index is 11.7. The van der Waals surface area contributed by atoms with E-state index in [1.54, 1.807) is 0 Å². The number of amides is 2. The van der Waals surface area contributed by atoms with Crippen molar-refractivity contribution in [2.75, 3.05) is 35.0 Å². The molecular weight excluding hydrogens is 382 g/mol. The van der Waals surface area contributed by atoms with Gasteiger partial charge in [-0.15, -0.1) is 11.6 Å². The number of halogens is 1. The fourth-order valence-corrected chi connectivity index (χ4v) is 4.08. The Kier molecular flexibility index (Phi) is 7.27. The molecule has 136 valence electrons. The van der Waals surface area contributed by atoms with Gasteiger partial charge in [0.05, 0.1) is 17.2 Å². The Morgan fingerprint density at radius 3 is 2.42 bits per heavy atom. The van der Waals surface area contributed by atoms with Crippen molar-refractivity contribution in [2.45, 2.75) is 11.3 Å². The van der Waals surface area contributed by atoms with Gasteiger partial charge in [0, 0.05) is 18.1 Å². The molecule has 0 aliphatic carbocycles. The monoisotopic (exact) mass is 399 g/mol. The third-order valence-corrected chi connectivity index (χ3v) is 5.93. The highest BCUT2D eigenvalue weighted by Gasteiger charge is 2.14. The van der Waals surface area contributed by atoms with Crippen LogP contribution >= 0.6 is 11.6 Å². The fourth-order valence-electron chi connectivity index (χ4n) is 1.75. The van der Waals surface area contributed by atoms with E-state index in [4.69, 9.17) is 21.9 Å². The first-order chi connectivity index (χ1) is 11.0. The van der Waals surface area contributed by atoms with Gasteiger partial charge in [-0.1, -0.05) is 0 Å². The number of alkyl halides is 1. The van der Waals surface area contributed by atoms with Crippen molar-refractivity contribution in [2.24, 2.45) is 0 Å². The largest absolute Gasteiger partial charge is 0.398 e. The SMILES string of the molecule is Nc1cc(NC(=O)NCCCS(=O)(=O)CCCl)ccc1S(=O)(=O)O. The van der Waals surface area contributed by atoms with Crippen molar-refractivity contribution < 1.29 is 26.2 Å². The number of anilines is 2. The number of nitrogen functional groups attached to an aromatic ring is 1. The molecule has 24 heavy (non-hydrogen) atoms. The molecule has 1 aromatic carbocycles. The van der Waals surface area contributed by atoms with Gasteiger partial charge >= 0.3 is 6.03 Å². The first-order valence-corrected chi connectivity index (χ1v) is 10.5. The van der Waals surface area contributed by atoms with Crippen LogP contribution in [0.15, 0.2) is 23.1 Å². The summed E-state index contributed by atoms with van der Waals surface area (Å²) in [5.41, 5.74) is 5.49. The van der Waals surface area contributed by atoms with Crippen molar-refractivity contribution in [1.82, 2.24) is 5.32 Å². The minimum atomic E-state index is -4.43. The summed E-state index contributed by atoms with van der Waals surface area (Å²) in [6.07, 6.45) is 0.233. The summed E-state index contributed by atoms with van der Waals surface area (Å²) in [7, 11) is -7.65.